The van der Waals surface area contributed by atoms with Crippen LogP contribution in [-0.2, 0) is 4.79 Å². The molecule has 1 aromatic carbocycles. The van der Waals surface area contributed by atoms with Crippen molar-refractivity contribution in [3.05, 3.63) is 33.3 Å². The van der Waals surface area contributed by atoms with Crippen LogP contribution in [0.4, 0.5) is 11.4 Å². The van der Waals surface area contributed by atoms with Crippen molar-refractivity contribution in [2.24, 2.45) is 0 Å². The van der Waals surface area contributed by atoms with E-state index in [1.807, 2.05) is 0 Å². The second-order valence-electron chi connectivity index (χ2n) is 5.60. The third-order valence-electron chi connectivity index (χ3n) is 4.00. The van der Waals surface area contributed by atoms with Crippen molar-refractivity contribution in [3.63, 3.8) is 0 Å². The molecule has 126 valence electrons. The molecule has 23 heavy (non-hydrogen) atoms. The zero-order chi connectivity index (χ0) is 16.8. The van der Waals surface area contributed by atoms with Crippen molar-refractivity contribution in [3.8, 4) is 0 Å². The molecule has 2 N–H and O–H groups in total. The number of nitro groups is 1. The van der Waals surface area contributed by atoms with Crippen molar-refractivity contribution in [1.82, 2.24) is 4.90 Å². The standard InChI is InChI=1S/C15H20ClN3O4/c16-13-9-12(19(22)23)4-5-14(13)17-15(21)10-18-7-2-1-3-11(18)6-8-20/h4-5,9,11,20H,1-3,6-8,10H2,(H,17,21). The number of aliphatic hydroxyl groups excluding tert-OH is 1. The lowest BCUT2D eigenvalue weighted by molar-refractivity contribution is -0.384. The molecule has 7 nitrogen and oxygen atoms in total. The molecule has 2 rings (SSSR count). The highest BCUT2D eigenvalue weighted by molar-refractivity contribution is 6.34. The summed E-state index contributed by atoms with van der Waals surface area (Å²) in [6.07, 6.45) is 3.78. The summed E-state index contributed by atoms with van der Waals surface area (Å²) in [7, 11) is 0. The molecule has 1 heterocycles. The molecule has 0 spiro atoms. The van der Waals surface area contributed by atoms with Crippen molar-refractivity contribution < 1.29 is 14.8 Å². The van der Waals surface area contributed by atoms with Gasteiger partial charge in [0.1, 0.15) is 0 Å². The van der Waals surface area contributed by atoms with Gasteiger partial charge in [-0.3, -0.25) is 19.8 Å². The molecule has 1 atom stereocenters. The van der Waals surface area contributed by atoms with E-state index in [4.69, 9.17) is 16.7 Å². The van der Waals surface area contributed by atoms with Gasteiger partial charge in [-0.25, -0.2) is 0 Å². The Hall–Kier alpha value is -1.70. The van der Waals surface area contributed by atoms with E-state index in [0.717, 1.165) is 25.8 Å². The Balaban J connectivity index is 1.97. The van der Waals surface area contributed by atoms with Crippen LogP contribution in [0.5, 0.6) is 0 Å². The second-order valence-corrected chi connectivity index (χ2v) is 6.01. The fraction of sp³-hybridized carbons (Fsp3) is 0.533. The summed E-state index contributed by atoms with van der Waals surface area (Å²) >= 11 is 5.97. The predicted molar refractivity (Wildman–Crippen MR) is 87.7 cm³/mol. The molecule has 0 bridgehead atoms. The number of likely N-dealkylation sites (tertiary alicyclic amines) is 1. The average molecular weight is 342 g/mol. The Kier molecular flexibility index (Phi) is 6.32. The number of anilines is 1. The molecule has 1 aliphatic rings. The van der Waals surface area contributed by atoms with E-state index >= 15 is 0 Å². The Morgan fingerprint density at radius 2 is 2.26 bits per heavy atom. The molecule has 1 saturated heterocycles. The highest BCUT2D eigenvalue weighted by Crippen LogP contribution is 2.27. The average Bonchev–Trinajstić information content (AvgIpc) is 2.51. The SMILES string of the molecule is O=C(CN1CCCCC1CCO)Nc1ccc([N+](=O)[O-])cc1Cl. The van der Waals surface area contributed by atoms with Crippen LogP contribution in [0.3, 0.4) is 0 Å². The van der Waals surface area contributed by atoms with Crippen LogP contribution < -0.4 is 5.32 Å². The third-order valence-corrected chi connectivity index (χ3v) is 4.31. The van der Waals surface area contributed by atoms with Crippen molar-refractivity contribution in [1.29, 1.82) is 0 Å². The molecule has 0 aliphatic carbocycles. The Morgan fingerprint density at radius 3 is 2.91 bits per heavy atom. The Labute approximate surface area is 139 Å². The van der Waals surface area contributed by atoms with Gasteiger partial charge >= 0.3 is 0 Å². The van der Waals surface area contributed by atoms with E-state index in [0.29, 0.717) is 12.1 Å². The number of nitrogens with one attached hydrogen (secondary N) is 1. The van der Waals surface area contributed by atoms with Crippen molar-refractivity contribution >= 4 is 28.9 Å². The van der Waals surface area contributed by atoms with E-state index in [-0.39, 0.29) is 35.8 Å². The van der Waals surface area contributed by atoms with E-state index in [2.05, 4.69) is 10.2 Å². The van der Waals surface area contributed by atoms with Crippen LogP contribution in [0.15, 0.2) is 18.2 Å². The number of aliphatic hydroxyl groups is 1. The summed E-state index contributed by atoms with van der Waals surface area (Å²) in [4.78, 5) is 24.4. The molecule has 1 amide bonds. The maximum Gasteiger partial charge on any atom is 0.271 e. The van der Waals surface area contributed by atoms with Gasteiger partial charge in [0, 0.05) is 24.8 Å². The first-order valence-electron chi connectivity index (χ1n) is 7.60. The number of non-ortho nitro benzene ring substituents is 1. The first kappa shape index (κ1) is 17.7. The van der Waals surface area contributed by atoms with E-state index < -0.39 is 4.92 Å². The summed E-state index contributed by atoms with van der Waals surface area (Å²) in [5.74, 6) is -0.217. The molecule has 0 aromatic heterocycles. The van der Waals surface area contributed by atoms with Crippen LogP contribution in [0, 0.1) is 10.1 Å². The first-order chi connectivity index (χ1) is 11.0. The number of amides is 1. The fourth-order valence-corrected chi connectivity index (χ4v) is 3.06. The fourth-order valence-electron chi connectivity index (χ4n) is 2.84. The number of hydrogen-bond donors (Lipinski definition) is 2. The molecule has 1 aromatic rings. The summed E-state index contributed by atoms with van der Waals surface area (Å²) in [6.45, 7) is 1.15. The maximum atomic E-state index is 12.2. The van der Waals surface area contributed by atoms with Gasteiger partial charge in [0.2, 0.25) is 5.91 Å². The van der Waals surface area contributed by atoms with Gasteiger partial charge in [-0.2, -0.15) is 0 Å². The molecule has 0 radical (unpaired) electrons. The molecule has 0 saturated carbocycles. The maximum absolute atomic E-state index is 12.2. The number of halogens is 1. The second kappa shape index (κ2) is 8.24. The zero-order valence-corrected chi connectivity index (χ0v) is 13.5. The van der Waals surface area contributed by atoms with Gasteiger partial charge in [0.15, 0.2) is 0 Å². The number of nitrogens with zero attached hydrogens (tertiary/aromatic N) is 2. The number of piperidine rings is 1. The van der Waals surface area contributed by atoms with Gasteiger partial charge in [0.05, 0.1) is 22.2 Å². The Bertz CT molecular complexity index is 580. The van der Waals surface area contributed by atoms with Gasteiger partial charge in [-0.1, -0.05) is 18.0 Å². The van der Waals surface area contributed by atoms with Gasteiger partial charge in [-0.15, -0.1) is 0 Å². The Morgan fingerprint density at radius 1 is 1.48 bits per heavy atom. The minimum Gasteiger partial charge on any atom is -0.396 e. The number of benzene rings is 1. The predicted octanol–water partition coefficient (Wildman–Crippen LogP) is 2.42. The summed E-state index contributed by atoms with van der Waals surface area (Å²) < 4.78 is 0. The van der Waals surface area contributed by atoms with Crippen molar-refractivity contribution in [2.75, 3.05) is 25.0 Å². The smallest absolute Gasteiger partial charge is 0.271 e. The van der Waals surface area contributed by atoms with Crippen molar-refractivity contribution in [2.45, 2.75) is 31.7 Å². The third kappa shape index (κ3) is 4.89. The minimum atomic E-state index is -0.537. The normalized spacial score (nSPS) is 18.6. The molecule has 1 aliphatic heterocycles. The van der Waals surface area contributed by atoms with Gasteiger partial charge in [-0.05, 0) is 31.9 Å². The number of rotatable bonds is 6. The highest BCUT2D eigenvalue weighted by atomic mass is 35.5. The van der Waals surface area contributed by atoms with Crippen LogP contribution in [0.2, 0.25) is 5.02 Å². The van der Waals surface area contributed by atoms with Gasteiger partial charge in [0.25, 0.3) is 5.69 Å². The highest BCUT2D eigenvalue weighted by Gasteiger charge is 2.24. The van der Waals surface area contributed by atoms with E-state index in [1.165, 1.54) is 18.2 Å². The summed E-state index contributed by atoms with van der Waals surface area (Å²) in [5, 5.41) is 22.6. The summed E-state index contributed by atoms with van der Waals surface area (Å²) in [6, 6.07) is 4.16. The van der Waals surface area contributed by atoms with Crippen LogP contribution in [0.1, 0.15) is 25.7 Å². The van der Waals surface area contributed by atoms with E-state index in [1.54, 1.807) is 0 Å². The minimum absolute atomic E-state index is 0.108. The molecule has 1 fully saturated rings. The molecule has 1 unspecified atom stereocenters. The largest absolute Gasteiger partial charge is 0.396 e. The monoisotopic (exact) mass is 341 g/mol. The number of hydrogen-bond acceptors (Lipinski definition) is 5. The summed E-state index contributed by atoms with van der Waals surface area (Å²) in [5.41, 5.74) is 0.241. The van der Waals surface area contributed by atoms with Crippen LogP contribution in [0.25, 0.3) is 0 Å². The quantitative estimate of drug-likeness (QED) is 0.612. The lowest BCUT2D eigenvalue weighted by Gasteiger charge is -2.34. The molecular weight excluding hydrogens is 322 g/mol. The van der Waals surface area contributed by atoms with Gasteiger partial charge < -0.3 is 10.4 Å². The zero-order valence-electron chi connectivity index (χ0n) is 12.7. The lowest BCUT2D eigenvalue weighted by atomic mass is 10.00. The molecule has 8 heteroatoms. The van der Waals surface area contributed by atoms with Crippen LogP contribution >= 0.6 is 11.6 Å². The molecular formula is C15H20ClN3O4. The number of carbonyl (C=O) groups excluding carboxylic acids is 1. The lowest BCUT2D eigenvalue weighted by Crippen LogP contribution is -2.44. The first-order valence-corrected chi connectivity index (χ1v) is 7.97. The van der Waals surface area contributed by atoms with Crippen LogP contribution in [-0.4, -0.2) is 46.6 Å². The number of nitro benzene ring substituents is 1. The topological polar surface area (TPSA) is 95.7 Å². The van der Waals surface area contributed by atoms with E-state index in [9.17, 15) is 14.9 Å². The number of carbonyl (C=O) groups is 1.